The Labute approximate surface area is 82.9 Å². The van der Waals surface area contributed by atoms with E-state index in [0.717, 1.165) is 11.8 Å². The molecule has 4 nitrogen and oxygen atoms in total. The van der Waals surface area contributed by atoms with Crippen molar-refractivity contribution < 1.29 is 4.79 Å². The second-order valence-electron chi connectivity index (χ2n) is 4.89. The first kappa shape index (κ1) is 8.26. The normalized spacial score (nSPS) is 46.1. The minimum Gasteiger partial charge on any atom is -0.350 e. The van der Waals surface area contributed by atoms with Crippen molar-refractivity contribution in [3.05, 3.63) is 0 Å². The maximum Gasteiger partial charge on any atom is 0.332 e. The summed E-state index contributed by atoms with van der Waals surface area (Å²) in [5, 5.41) is 4.18. The van der Waals surface area contributed by atoms with Gasteiger partial charge in [0.05, 0.1) is 0 Å². The first-order valence-corrected chi connectivity index (χ1v) is 5.37. The topological polar surface area (TPSA) is 67.5 Å². The van der Waals surface area contributed by atoms with Gasteiger partial charge in [-0.05, 0) is 43.4 Å². The Balaban J connectivity index is 1.82. The van der Waals surface area contributed by atoms with Crippen molar-refractivity contribution in [2.24, 2.45) is 34.5 Å². The number of hydrogen-bond donors (Lipinski definition) is 2. The van der Waals surface area contributed by atoms with Crippen molar-refractivity contribution in [2.45, 2.75) is 25.7 Å². The Bertz CT molecular complexity index is 308. The molecule has 4 aliphatic rings. The van der Waals surface area contributed by atoms with Crippen LogP contribution in [-0.2, 0) is 0 Å². The number of amides is 2. The fraction of sp³-hybridized carbons (Fsp3) is 0.800. The molecule has 4 heteroatoms. The molecular weight excluding hydrogens is 178 g/mol. The van der Waals surface area contributed by atoms with Gasteiger partial charge in [-0.15, -0.1) is 0 Å². The number of carbonyl (C=O) groups excluding carboxylic acids is 1. The molecule has 0 aliphatic heterocycles. The number of rotatable bonds is 1. The highest BCUT2D eigenvalue weighted by Gasteiger charge is 2.51. The van der Waals surface area contributed by atoms with E-state index in [1.165, 1.54) is 31.4 Å². The van der Waals surface area contributed by atoms with Crippen LogP contribution in [0.4, 0.5) is 4.79 Å². The zero-order valence-corrected chi connectivity index (χ0v) is 8.07. The molecule has 4 aliphatic carbocycles. The van der Waals surface area contributed by atoms with E-state index in [0.29, 0.717) is 11.8 Å². The van der Waals surface area contributed by atoms with Crippen molar-refractivity contribution in [1.29, 1.82) is 0 Å². The molecular formula is C10H15N3O. The minimum atomic E-state index is -0.546. The molecule has 3 N–H and O–H groups in total. The van der Waals surface area contributed by atoms with E-state index in [9.17, 15) is 4.79 Å². The van der Waals surface area contributed by atoms with E-state index in [1.54, 1.807) is 0 Å². The highest BCUT2D eigenvalue weighted by molar-refractivity contribution is 5.93. The molecule has 0 saturated heterocycles. The predicted molar refractivity (Wildman–Crippen MR) is 52.6 cm³/mol. The average molecular weight is 193 g/mol. The Morgan fingerprint density at radius 1 is 1.36 bits per heavy atom. The molecule has 0 radical (unpaired) electrons. The second-order valence-corrected chi connectivity index (χ2v) is 4.89. The van der Waals surface area contributed by atoms with Gasteiger partial charge in [-0.2, -0.15) is 5.10 Å². The van der Waals surface area contributed by atoms with E-state index in [-0.39, 0.29) is 0 Å². The largest absolute Gasteiger partial charge is 0.350 e. The fourth-order valence-electron chi connectivity index (χ4n) is 3.76. The SMILES string of the molecule is NC(=O)N/N=C1\C2CC3CC(C2)C1C3. The van der Waals surface area contributed by atoms with Crippen LogP contribution in [0.25, 0.3) is 0 Å². The molecule has 0 heterocycles. The zero-order chi connectivity index (χ0) is 9.71. The van der Waals surface area contributed by atoms with Gasteiger partial charge in [0.25, 0.3) is 0 Å². The fourth-order valence-corrected chi connectivity index (χ4v) is 3.76. The summed E-state index contributed by atoms with van der Waals surface area (Å²) in [7, 11) is 0. The van der Waals surface area contributed by atoms with Crippen molar-refractivity contribution in [3.63, 3.8) is 0 Å². The van der Waals surface area contributed by atoms with Gasteiger partial charge < -0.3 is 5.73 Å². The van der Waals surface area contributed by atoms with Gasteiger partial charge in [-0.1, -0.05) is 0 Å². The smallest absolute Gasteiger partial charge is 0.332 e. The summed E-state index contributed by atoms with van der Waals surface area (Å²) in [4.78, 5) is 10.6. The summed E-state index contributed by atoms with van der Waals surface area (Å²) in [5.74, 6) is 3.10. The summed E-state index contributed by atoms with van der Waals surface area (Å²) < 4.78 is 0. The van der Waals surface area contributed by atoms with E-state index in [4.69, 9.17) is 5.73 Å². The zero-order valence-electron chi connectivity index (χ0n) is 8.07. The summed E-state index contributed by atoms with van der Waals surface area (Å²) in [6.07, 6.45) is 5.25. The molecule has 0 aromatic carbocycles. The van der Waals surface area contributed by atoms with Gasteiger partial charge in [0.15, 0.2) is 0 Å². The molecule has 76 valence electrons. The summed E-state index contributed by atoms with van der Waals surface area (Å²) in [6.45, 7) is 0. The van der Waals surface area contributed by atoms with Crippen LogP contribution in [0.3, 0.4) is 0 Å². The van der Waals surface area contributed by atoms with Gasteiger partial charge in [0.2, 0.25) is 0 Å². The molecule has 4 fully saturated rings. The maximum atomic E-state index is 10.6. The third kappa shape index (κ3) is 1.06. The van der Waals surface area contributed by atoms with Crippen LogP contribution in [0, 0.1) is 23.7 Å². The van der Waals surface area contributed by atoms with Crippen LogP contribution in [0.2, 0.25) is 0 Å². The molecule has 0 aromatic heterocycles. The Morgan fingerprint density at radius 3 is 2.93 bits per heavy atom. The number of nitrogens with zero attached hydrogens (tertiary/aromatic N) is 1. The van der Waals surface area contributed by atoms with Crippen LogP contribution in [0.1, 0.15) is 25.7 Å². The Hall–Kier alpha value is -1.06. The summed E-state index contributed by atoms with van der Waals surface area (Å²) >= 11 is 0. The number of primary amides is 1. The molecule has 0 aromatic rings. The molecule has 0 spiro atoms. The lowest BCUT2D eigenvalue weighted by Gasteiger charge is -2.25. The molecule has 4 bridgehead atoms. The summed E-state index contributed by atoms with van der Waals surface area (Å²) in [6, 6.07) is -0.546. The van der Waals surface area contributed by atoms with Gasteiger partial charge in [-0.3, -0.25) is 0 Å². The first-order chi connectivity index (χ1) is 6.74. The molecule has 4 unspecified atom stereocenters. The average Bonchev–Trinajstić information content (AvgIpc) is 2.52. The predicted octanol–water partition coefficient (Wildman–Crippen LogP) is 1.08. The number of carbonyl (C=O) groups is 1. The number of hydrogen-bond acceptors (Lipinski definition) is 2. The van der Waals surface area contributed by atoms with Gasteiger partial charge in [0.1, 0.15) is 0 Å². The standard InChI is InChI=1S/C10H15N3O/c11-10(14)13-12-9-7-2-5-1-6(4-7)8(9)3-5/h5-8H,1-4H2,(H3,11,13,14)/b12-9+. The lowest BCUT2D eigenvalue weighted by atomic mass is 9.81. The Morgan fingerprint density at radius 2 is 2.21 bits per heavy atom. The van der Waals surface area contributed by atoms with Crippen molar-refractivity contribution in [2.75, 3.05) is 0 Å². The number of nitrogens with one attached hydrogen (secondary N) is 1. The van der Waals surface area contributed by atoms with E-state index < -0.39 is 6.03 Å². The third-order valence-corrected chi connectivity index (χ3v) is 4.09. The maximum absolute atomic E-state index is 10.6. The lowest BCUT2D eigenvalue weighted by molar-refractivity contribution is 0.249. The van der Waals surface area contributed by atoms with E-state index in [1.807, 2.05) is 0 Å². The van der Waals surface area contributed by atoms with Crippen molar-refractivity contribution in [3.8, 4) is 0 Å². The molecule has 4 atom stereocenters. The number of urea groups is 1. The minimum absolute atomic E-state index is 0.546. The first-order valence-electron chi connectivity index (χ1n) is 5.37. The summed E-state index contributed by atoms with van der Waals surface area (Å²) in [5.41, 5.74) is 8.62. The van der Waals surface area contributed by atoms with Crippen LogP contribution in [0.5, 0.6) is 0 Å². The van der Waals surface area contributed by atoms with Crippen LogP contribution >= 0.6 is 0 Å². The van der Waals surface area contributed by atoms with Crippen molar-refractivity contribution >= 4 is 11.7 Å². The van der Waals surface area contributed by atoms with Crippen LogP contribution in [0.15, 0.2) is 5.10 Å². The van der Waals surface area contributed by atoms with Gasteiger partial charge >= 0.3 is 6.03 Å². The third-order valence-electron chi connectivity index (χ3n) is 4.09. The highest BCUT2D eigenvalue weighted by atomic mass is 16.2. The van der Waals surface area contributed by atoms with Gasteiger partial charge in [0, 0.05) is 11.6 Å². The number of hydrazone groups is 1. The second kappa shape index (κ2) is 2.72. The Kier molecular flexibility index (Phi) is 1.60. The van der Waals surface area contributed by atoms with E-state index in [2.05, 4.69) is 10.5 Å². The highest BCUT2D eigenvalue weighted by Crippen LogP contribution is 2.56. The quantitative estimate of drug-likeness (QED) is 0.601. The van der Waals surface area contributed by atoms with E-state index >= 15 is 0 Å². The molecule has 4 saturated carbocycles. The molecule has 14 heavy (non-hydrogen) atoms. The monoisotopic (exact) mass is 193 g/mol. The van der Waals surface area contributed by atoms with Crippen LogP contribution in [-0.4, -0.2) is 11.7 Å². The molecule has 4 rings (SSSR count). The molecule has 2 amide bonds. The lowest BCUT2D eigenvalue weighted by Crippen LogP contribution is -2.30. The number of nitrogens with two attached hydrogens (primary N) is 1. The van der Waals surface area contributed by atoms with Gasteiger partial charge in [-0.25, -0.2) is 10.2 Å². The van der Waals surface area contributed by atoms with Crippen LogP contribution < -0.4 is 11.2 Å². The van der Waals surface area contributed by atoms with Crippen molar-refractivity contribution in [1.82, 2.24) is 5.43 Å².